The van der Waals surface area contributed by atoms with Crippen LogP contribution in [0.15, 0.2) is 17.3 Å². The number of thioether (sulfide) groups is 1. The molecule has 2 rings (SSSR count). The Bertz CT molecular complexity index is 202. The van der Waals surface area contributed by atoms with E-state index in [1.165, 1.54) is 30.6 Å². The maximum Gasteiger partial charge on any atom is 0.0623 e. The standard InChI is InChI=1S/C8H12N2S/c1-2-4-7(3-1)11-8-5-9-10-6-8/h5-7H,1-4H2,(H,9,10). The Morgan fingerprint density at radius 3 is 2.91 bits per heavy atom. The van der Waals surface area contributed by atoms with Gasteiger partial charge in [0, 0.05) is 16.3 Å². The van der Waals surface area contributed by atoms with Crippen LogP contribution in [0.3, 0.4) is 0 Å². The molecule has 0 saturated heterocycles. The molecule has 1 aromatic heterocycles. The van der Waals surface area contributed by atoms with Gasteiger partial charge < -0.3 is 0 Å². The van der Waals surface area contributed by atoms with Gasteiger partial charge in [0.2, 0.25) is 0 Å². The number of aromatic amines is 1. The normalized spacial score (nSPS) is 19.3. The largest absolute Gasteiger partial charge is 0.285 e. The highest BCUT2D eigenvalue weighted by Crippen LogP contribution is 2.33. The minimum Gasteiger partial charge on any atom is -0.285 e. The van der Waals surface area contributed by atoms with E-state index in [9.17, 15) is 0 Å². The van der Waals surface area contributed by atoms with Crippen LogP contribution < -0.4 is 0 Å². The van der Waals surface area contributed by atoms with Gasteiger partial charge >= 0.3 is 0 Å². The third kappa shape index (κ3) is 1.77. The molecule has 0 atom stereocenters. The lowest BCUT2D eigenvalue weighted by Gasteiger charge is -2.04. The molecule has 11 heavy (non-hydrogen) atoms. The van der Waals surface area contributed by atoms with Crippen LogP contribution >= 0.6 is 11.8 Å². The van der Waals surface area contributed by atoms with Gasteiger partial charge in [0.25, 0.3) is 0 Å². The molecule has 1 N–H and O–H groups in total. The molecular formula is C8H12N2S. The van der Waals surface area contributed by atoms with Gasteiger partial charge in [-0.1, -0.05) is 12.8 Å². The molecule has 1 aliphatic rings. The van der Waals surface area contributed by atoms with Crippen molar-refractivity contribution in [2.75, 3.05) is 0 Å². The predicted octanol–water partition coefficient (Wildman–Crippen LogP) is 2.44. The molecule has 0 bridgehead atoms. The predicted molar refractivity (Wildman–Crippen MR) is 46.7 cm³/mol. The minimum atomic E-state index is 0.854. The fourth-order valence-corrected chi connectivity index (χ4v) is 2.69. The first-order valence-corrected chi connectivity index (χ1v) is 4.98. The number of nitrogens with one attached hydrogen (secondary N) is 1. The lowest BCUT2D eigenvalue weighted by molar-refractivity contribution is 0.886. The second kappa shape index (κ2) is 3.30. The maximum atomic E-state index is 3.92. The van der Waals surface area contributed by atoms with Crippen LogP contribution in [0, 0.1) is 0 Å². The van der Waals surface area contributed by atoms with Crippen LogP contribution in [0.25, 0.3) is 0 Å². The van der Waals surface area contributed by atoms with E-state index in [1.807, 2.05) is 24.2 Å². The van der Waals surface area contributed by atoms with Gasteiger partial charge in [-0.05, 0) is 12.8 Å². The van der Waals surface area contributed by atoms with Gasteiger partial charge in [-0.3, -0.25) is 5.10 Å². The van der Waals surface area contributed by atoms with E-state index >= 15 is 0 Å². The van der Waals surface area contributed by atoms with Crippen molar-refractivity contribution in [2.24, 2.45) is 0 Å². The number of nitrogens with zero attached hydrogens (tertiary/aromatic N) is 1. The van der Waals surface area contributed by atoms with Gasteiger partial charge in [-0.25, -0.2) is 0 Å². The van der Waals surface area contributed by atoms with Crippen molar-refractivity contribution in [3.8, 4) is 0 Å². The Labute approximate surface area is 70.8 Å². The third-order valence-corrected chi connectivity index (χ3v) is 3.38. The Hall–Kier alpha value is -0.440. The lowest BCUT2D eigenvalue weighted by Crippen LogP contribution is -1.91. The van der Waals surface area contributed by atoms with E-state index in [2.05, 4.69) is 10.2 Å². The first kappa shape index (κ1) is 7.22. The zero-order valence-electron chi connectivity index (χ0n) is 6.42. The molecule has 0 aliphatic heterocycles. The van der Waals surface area contributed by atoms with Gasteiger partial charge in [0.05, 0.1) is 6.20 Å². The molecule has 2 nitrogen and oxygen atoms in total. The topological polar surface area (TPSA) is 28.7 Å². The number of hydrogen-bond donors (Lipinski definition) is 1. The smallest absolute Gasteiger partial charge is 0.0623 e. The van der Waals surface area contributed by atoms with Crippen molar-refractivity contribution in [3.63, 3.8) is 0 Å². The van der Waals surface area contributed by atoms with E-state index in [-0.39, 0.29) is 0 Å². The molecule has 0 aromatic carbocycles. The average Bonchev–Trinajstić information content (AvgIpc) is 2.60. The van der Waals surface area contributed by atoms with Crippen molar-refractivity contribution in [1.82, 2.24) is 10.2 Å². The summed E-state index contributed by atoms with van der Waals surface area (Å²) in [6.07, 6.45) is 9.47. The molecule has 1 aliphatic carbocycles. The molecule has 1 saturated carbocycles. The third-order valence-electron chi connectivity index (χ3n) is 2.08. The summed E-state index contributed by atoms with van der Waals surface area (Å²) >= 11 is 1.96. The van der Waals surface area contributed by atoms with Crippen molar-refractivity contribution in [2.45, 2.75) is 35.8 Å². The van der Waals surface area contributed by atoms with Gasteiger partial charge in [-0.2, -0.15) is 5.10 Å². The monoisotopic (exact) mass is 168 g/mol. The Kier molecular flexibility index (Phi) is 2.17. The van der Waals surface area contributed by atoms with E-state index in [0.717, 1.165) is 5.25 Å². The highest BCUT2D eigenvalue weighted by atomic mass is 32.2. The van der Waals surface area contributed by atoms with E-state index in [0.29, 0.717) is 0 Å². The van der Waals surface area contributed by atoms with Crippen molar-refractivity contribution in [1.29, 1.82) is 0 Å². The summed E-state index contributed by atoms with van der Waals surface area (Å²) in [5.41, 5.74) is 0. The van der Waals surface area contributed by atoms with Crippen molar-refractivity contribution >= 4 is 11.8 Å². The van der Waals surface area contributed by atoms with E-state index in [1.54, 1.807) is 0 Å². The van der Waals surface area contributed by atoms with Gasteiger partial charge in [-0.15, -0.1) is 11.8 Å². The molecule has 1 fully saturated rings. The SMILES string of the molecule is c1n[nH]cc1SC1CCCC1. The summed E-state index contributed by atoms with van der Waals surface area (Å²) < 4.78 is 0. The van der Waals surface area contributed by atoms with Crippen LogP contribution in [0.1, 0.15) is 25.7 Å². The molecule has 1 heterocycles. The Morgan fingerprint density at radius 2 is 2.27 bits per heavy atom. The Morgan fingerprint density at radius 1 is 1.45 bits per heavy atom. The number of rotatable bonds is 2. The van der Waals surface area contributed by atoms with E-state index in [4.69, 9.17) is 0 Å². The Balaban J connectivity index is 1.90. The fraction of sp³-hybridized carbons (Fsp3) is 0.625. The van der Waals surface area contributed by atoms with Gasteiger partial charge in [0.15, 0.2) is 0 Å². The summed E-state index contributed by atoms with van der Waals surface area (Å²) in [5.74, 6) is 0. The number of H-pyrrole nitrogens is 1. The molecule has 0 unspecified atom stereocenters. The minimum absolute atomic E-state index is 0.854. The van der Waals surface area contributed by atoms with Crippen LogP contribution in [0.4, 0.5) is 0 Å². The van der Waals surface area contributed by atoms with Crippen molar-refractivity contribution < 1.29 is 0 Å². The fourth-order valence-electron chi connectivity index (χ4n) is 1.50. The molecule has 0 spiro atoms. The molecule has 60 valence electrons. The van der Waals surface area contributed by atoms with Crippen LogP contribution in [-0.2, 0) is 0 Å². The molecule has 0 radical (unpaired) electrons. The van der Waals surface area contributed by atoms with Gasteiger partial charge in [0.1, 0.15) is 0 Å². The van der Waals surface area contributed by atoms with E-state index < -0.39 is 0 Å². The summed E-state index contributed by atoms with van der Waals surface area (Å²) in [6.45, 7) is 0. The highest BCUT2D eigenvalue weighted by Gasteiger charge is 2.15. The second-order valence-electron chi connectivity index (χ2n) is 2.96. The van der Waals surface area contributed by atoms with Crippen molar-refractivity contribution in [3.05, 3.63) is 12.4 Å². The highest BCUT2D eigenvalue weighted by molar-refractivity contribution is 8.00. The lowest BCUT2D eigenvalue weighted by atomic mass is 10.4. The van der Waals surface area contributed by atoms with Crippen LogP contribution in [-0.4, -0.2) is 15.4 Å². The van der Waals surface area contributed by atoms with Crippen LogP contribution in [0.5, 0.6) is 0 Å². The number of hydrogen-bond acceptors (Lipinski definition) is 2. The zero-order chi connectivity index (χ0) is 7.52. The second-order valence-corrected chi connectivity index (χ2v) is 4.33. The molecule has 3 heteroatoms. The first-order chi connectivity index (χ1) is 5.45. The summed E-state index contributed by atoms with van der Waals surface area (Å²) in [7, 11) is 0. The summed E-state index contributed by atoms with van der Waals surface area (Å²) in [6, 6.07) is 0. The summed E-state index contributed by atoms with van der Waals surface area (Å²) in [5, 5.41) is 7.61. The average molecular weight is 168 g/mol. The quantitative estimate of drug-likeness (QED) is 0.734. The van der Waals surface area contributed by atoms with Crippen LogP contribution in [0.2, 0.25) is 0 Å². The molecular weight excluding hydrogens is 156 g/mol. The first-order valence-electron chi connectivity index (χ1n) is 4.10. The summed E-state index contributed by atoms with van der Waals surface area (Å²) in [4.78, 5) is 1.29. The molecule has 0 amide bonds. The maximum absolute atomic E-state index is 3.92. The molecule has 1 aromatic rings. The zero-order valence-corrected chi connectivity index (χ0v) is 7.23. The number of aromatic nitrogens is 2.